The highest BCUT2D eigenvalue weighted by molar-refractivity contribution is 7.90. The van der Waals surface area contributed by atoms with Crippen molar-refractivity contribution in [2.45, 2.75) is 31.2 Å². The molecule has 3 aromatic heterocycles. The first-order valence-corrected chi connectivity index (χ1v) is 15.2. The largest absolute Gasteiger partial charge is 0.366 e. The highest BCUT2D eigenvalue weighted by atomic mass is 32.2. The lowest BCUT2D eigenvalue weighted by Crippen LogP contribution is -2.40. The third kappa shape index (κ3) is 5.02. The van der Waals surface area contributed by atoms with E-state index in [0.29, 0.717) is 41.4 Å². The SMILES string of the molecule is CN1CC2CN(c3c(F)cc(S(=O)(=O)n4ccc5c(-c6ccc(C(=O)NC(C)(C)C)nc6)cncc54)cc3F)CC2C1. The van der Waals surface area contributed by atoms with Gasteiger partial charge in [0.25, 0.3) is 15.9 Å². The fourth-order valence-corrected chi connectivity index (χ4v) is 7.44. The van der Waals surface area contributed by atoms with Crippen LogP contribution in [0.15, 0.2) is 60.0 Å². The minimum atomic E-state index is -4.36. The predicted octanol–water partition coefficient (Wildman–Crippen LogP) is 4.14. The standard InChI is InChI=1S/C30H32F2N6O3S/c1-30(2,3)35-29(39)26-6-5-18(11-34-26)23-12-33-13-27-22(23)7-8-38(27)42(40,41)21-9-24(31)28(25(32)10-21)37-16-19-14-36(4)15-20(19)17-37/h5-13,19-20H,14-17H2,1-4H3,(H,35,39). The Labute approximate surface area is 243 Å². The van der Waals surface area contributed by atoms with Crippen LogP contribution in [0, 0.1) is 23.5 Å². The molecule has 0 spiro atoms. The molecule has 2 aliphatic heterocycles. The molecule has 1 aromatic carbocycles. The molecule has 2 atom stereocenters. The number of rotatable bonds is 5. The number of carbonyl (C=O) groups excluding carboxylic acids is 1. The smallest absolute Gasteiger partial charge is 0.270 e. The molecule has 2 saturated heterocycles. The summed E-state index contributed by atoms with van der Waals surface area (Å²) in [6, 6.07) is 6.68. The summed E-state index contributed by atoms with van der Waals surface area (Å²) in [4.78, 5) is 24.4. The lowest BCUT2D eigenvalue weighted by molar-refractivity contribution is 0.0914. The van der Waals surface area contributed by atoms with Gasteiger partial charge in [0.1, 0.15) is 11.4 Å². The number of pyridine rings is 2. The number of amides is 1. The summed E-state index contributed by atoms with van der Waals surface area (Å²) in [5.41, 5.74) is 1.10. The molecule has 42 heavy (non-hydrogen) atoms. The van der Waals surface area contributed by atoms with Gasteiger partial charge >= 0.3 is 0 Å². The normalized spacial score (nSPS) is 19.4. The van der Waals surface area contributed by atoms with Crippen molar-refractivity contribution in [3.05, 3.63) is 72.4 Å². The molecule has 2 fully saturated rings. The summed E-state index contributed by atoms with van der Waals surface area (Å²) < 4.78 is 59.0. The number of aromatic nitrogens is 3. The first-order valence-electron chi connectivity index (χ1n) is 13.7. The van der Waals surface area contributed by atoms with E-state index >= 15 is 8.78 Å². The van der Waals surface area contributed by atoms with Crippen LogP contribution >= 0.6 is 0 Å². The molecule has 0 aliphatic carbocycles. The lowest BCUT2D eigenvalue weighted by atomic mass is 10.0. The molecule has 0 bridgehead atoms. The molecule has 0 radical (unpaired) electrons. The van der Waals surface area contributed by atoms with Gasteiger partial charge < -0.3 is 15.1 Å². The summed E-state index contributed by atoms with van der Waals surface area (Å²) in [6.07, 6.45) is 5.82. The molecule has 1 amide bonds. The zero-order valence-electron chi connectivity index (χ0n) is 23.8. The van der Waals surface area contributed by atoms with Crippen molar-refractivity contribution >= 4 is 32.5 Å². The first-order chi connectivity index (χ1) is 19.8. The Morgan fingerprint density at radius 3 is 2.24 bits per heavy atom. The van der Waals surface area contributed by atoms with Crippen LogP contribution in [0.2, 0.25) is 0 Å². The van der Waals surface area contributed by atoms with Crippen LogP contribution in [0.3, 0.4) is 0 Å². The zero-order chi connectivity index (χ0) is 30.0. The van der Waals surface area contributed by atoms with E-state index in [1.807, 2.05) is 27.8 Å². The predicted molar refractivity (Wildman–Crippen MR) is 156 cm³/mol. The lowest BCUT2D eigenvalue weighted by Gasteiger charge is -2.23. The number of anilines is 1. The molecule has 220 valence electrons. The Balaban J connectivity index is 1.30. The van der Waals surface area contributed by atoms with E-state index in [9.17, 15) is 13.2 Å². The molecule has 2 unspecified atom stereocenters. The van der Waals surface area contributed by atoms with Crippen molar-refractivity contribution in [1.29, 1.82) is 0 Å². The second-order valence-corrected chi connectivity index (χ2v) is 14.1. The van der Waals surface area contributed by atoms with Gasteiger partial charge in [-0.1, -0.05) is 6.07 Å². The van der Waals surface area contributed by atoms with Gasteiger partial charge in [-0.2, -0.15) is 0 Å². The Hall–Kier alpha value is -3.90. The van der Waals surface area contributed by atoms with Gasteiger partial charge in [-0.3, -0.25) is 14.8 Å². The number of hydrogen-bond acceptors (Lipinski definition) is 7. The number of fused-ring (bicyclic) bond motifs is 2. The summed E-state index contributed by atoms with van der Waals surface area (Å²) in [5.74, 6) is -1.46. The summed E-state index contributed by atoms with van der Waals surface area (Å²) >= 11 is 0. The molecular formula is C30H32F2N6O3S. The van der Waals surface area contributed by atoms with Crippen LogP contribution in [0.25, 0.3) is 22.0 Å². The van der Waals surface area contributed by atoms with Crippen molar-refractivity contribution in [3.8, 4) is 11.1 Å². The van der Waals surface area contributed by atoms with Crippen LogP contribution in [-0.4, -0.2) is 71.9 Å². The Bertz CT molecular complexity index is 1760. The molecule has 4 aromatic rings. The molecule has 1 N–H and O–H groups in total. The van der Waals surface area contributed by atoms with E-state index < -0.39 is 32.1 Å². The van der Waals surface area contributed by atoms with Crippen LogP contribution in [0.5, 0.6) is 0 Å². The number of nitrogens with zero attached hydrogens (tertiary/aromatic N) is 5. The maximum Gasteiger partial charge on any atom is 0.270 e. The Kier molecular flexibility index (Phi) is 6.81. The maximum atomic E-state index is 15.4. The van der Waals surface area contributed by atoms with Crippen molar-refractivity contribution < 1.29 is 22.0 Å². The summed E-state index contributed by atoms with van der Waals surface area (Å²) in [6.45, 7) is 8.43. The van der Waals surface area contributed by atoms with Gasteiger partial charge in [0.2, 0.25) is 0 Å². The minimum absolute atomic E-state index is 0.181. The number of likely N-dealkylation sites (tertiary alicyclic amines) is 1. The quantitative estimate of drug-likeness (QED) is 0.371. The van der Waals surface area contributed by atoms with Gasteiger partial charge in [0, 0.05) is 66.8 Å². The summed E-state index contributed by atoms with van der Waals surface area (Å²) in [7, 11) is -2.33. The van der Waals surface area contributed by atoms with Gasteiger partial charge in [-0.05, 0) is 63.9 Å². The van der Waals surface area contributed by atoms with Crippen molar-refractivity contribution in [3.63, 3.8) is 0 Å². The Morgan fingerprint density at radius 1 is 0.976 bits per heavy atom. The van der Waals surface area contributed by atoms with Crippen molar-refractivity contribution in [2.24, 2.45) is 11.8 Å². The average molecular weight is 595 g/mol. The molecule has 0 saturated carbocycles. The Morgan fingerprint density at radius 2 is 1.64 bits per heavy atom. The second-order valence-electron chi connectivity index (χ2n) is 12.3. The molecule has 9 nitrogen and oxygen atoms in total. The number of benzene rings is 1. The minimum Gasteiger partial charge on any atom is -0.366 e. The van der Waals surface area contributed by atoms with Gasteiger partial charge in [-0.15, -0.1) is 0 Å². The van der Waals surface area contributed by atoms with Gasteiger partial charge in [0.15, 0.2) is 11.6 Å². The van der Waals surface area contributed by atoms with Crippen molar-refractivity contribution in [2.75, 3.05) is 38.1 Å². The average Bonchev–Trinajstić information content (AvgIpc) is 3.60. The third-order valence-electron chi connectivity index (χ3n) is 7.91. The zero-order valence-corrected chi connectivity index (χ0v) is 24.6. The maximum absolute atomic E-state index is 15.4. The molecule has 2 aliphatic rings. The third-order valence-corrected chi connectivity index (χ3v) is 9.58. The van der Waals surface area contributed by atoms with Gasteiger partial charge in [-0.25, -0.2) is 21.2 Å². The van der Waals surface area contributed by atoms with E-state index in [1.54, 1.807) is 29.3 Å². The van der Waals surface area contributed by atoms with Crippen LogP contribution in [0.4, 0.5) is 14.5 Å². The number of carbonyl (C=O) groups is 1. The topological polar surface area (TPSA) is 100 Å². The second kappa shape index (κ2) is 10.1. The van der Waals surface area contributed by atoms with Crippen LogP contribution in [-0.2, 0) is 10.0 Å². The van der Waals surface area contributed by atoms with Crippen molar-refractivity contribution in [1.82, 2.24) is 24.2 Å². The van der Waals surface area contributed by atoms with E-state index in [-0.39, 0.29) is 22.8 Å². The number of nitrogens with one attached hydrogen (secondary N) is 1. The number of hydrogen-bond donors (Lipinski definition) is 1. The van der Waals surface area contributed by atoms with E-state index in [2.05, 4.69) is 20.2 Å². The van der Waals surface area contributed by atoms with Gasteiger partial charge in [0.05, 0.1) is 16.6 Å². The first kappa shape index (κ1) is 28.2. The molecule has 6 rings (SSSR count). The molecule has 5 heterocycles. The molecule has 12 heteroatoms. The number of halogens is 2. The fourth-order valence-electron chi connectivity index (χ4n) is 6.08. The van der Waals surface area contributed by atoms with E-state index in [1.165, 1.54) is 18.6 Å². The highest BCUT2D eigenvalue weighted by Crippen LogP contribution is 2.37. The van der Waals surface area contributed by atoms with E-state index in [0.717, 1.165) is 29.2 Å². The van der Waals surface area contributed by atoms with Crippen LogP contribution in [0.1, 0.15) is 31.3 Å². The van der Waals surface area contributed by atoms with Crippen LogP contribution < -0.4 is 10.2 Å². The summed E-state index contributed by atoms with van der Waals surface area (Å²) in [5, 5.41) is 3.41. The van der Waals surface area contributed by atoms with E-state index in [4.69, 9.17) is 0 Å². The molecular weight excluding hydrogens is 562 g/mol. The highest BCUT2D eigenvalue weighted by Gasteiger charge is 2.40. The monoisotopic (exact) mass is 594 g/mol. The fraction of sp³-hybridized carbons (Fsp3) is 0.367.